The summed E-state index contributed by atoms with van der Waals surface area (Å²) in [5, 5.41) is 5.73. The van der Waals surface area contributed by atoms with Crippen molar-refractivity contribution in [2.24, 2.45) is 5.73 Å². The van der Waals surface area contributed by atoms with E-state index in [0.29, 0.717) is 11.8 Å². The van der Waals surface area contributed by atoms with E-state index in [0.717, 1.165) is 11.5 Å². The van der Waals surface area contributed by atoms with E-state index in [1.807, 2.05) is 23.5 Å². The summed E-state index contributed by atoms with van der Waals surface area (Å²) in [6, 6.07) is 0. The summed E-state index contributed by atoms with van der Waals surface area (Å²) < 4.78 is 0. The summed E-state index contributed by atoms with van der Waals surface area (Å²) in [6.07, 6.45) is 0. The van der Waals surface area contributed by atoms with Gasteiger partial charge in [0.05, 0.1) is 13.1 Å². The average molecular weight is 300 g/mol. The number of carbonyl (C=O) groups is 2. The molecule has 2 amide bonds. The van der Waals surface area contributed by atoms with Crippen LogP contribution >= 0.6 is 35.9 Å². The van der Waals surface area contributed by atoms with Gasteiger partial charge in [0, 0.05) is 29.1 Å². The fourth-order valence-electron chi connectivity index (χ4n) is 1.20. The van der Waals surface area contributed by atoms with E-state index in [2.05, 4.69) is 10.6 Å². The van der Waals surface area contributed by atoms with Crippen molar-refractivity contribution in [1.29, 1.82) is 0 Å². The van der Waals surface area contributed by atoms with Crippen molar-refractivity contribution in [2.75, 3.05) is 36.9 Å². The minimum Gasteiger partial charge on any atom is -0.353 e. The van der Waals surface area contributed by atoms with Crippen LogP contribution in [0, 0.1) is 0 Å². The van der Waals surface area contributed by atoms with E-state index in [4.69, 9.17) is 5.73 Å². The first-order chi connectivity index (χ1) is 7.72. The molecule has 0 aromatic heterocycles. The van der Waals surface area contributed by atoms with Crippen molar-refractivity contribution in [3.05, 3.63) is 0 Å². The van der Waals surface area contributed by atoms with Crippen molar-refractivity contribution in [1.82, 2.24) is 10.6 Å². The maximum absolute atomic E-state index is 11.3. The molecule has 1 unspecified atom stereocenters. The molecule has 0 spiro atoms. The lowest BCUT2D eigenvalue weighted by atomic mass is 10.4. The Labute approximate surface area is 116 Å². The van der Waals surface area contributed by atoms with Crippen LogP contribution < -0.4 is 16.4 Å². The summed E-state index contributed by atoms with van der Waals surface area (Å²) in [6.45, 7) is 0.609. The monoisotopic (exact) mass is 299 g/mol. The highest BCUT2D eigenvalue weighted by Crippen LogP contribution is 2.23. The third-order valence-electron chi connectivity index (χ3n) is 2.04. The molecule has 0 saturated carbocycles. The Morgan fingerprint density at radius 3 is 2.59 bits per heavy atom. The van der Waals surface area contributed by atoms with E-state index >= 15 is 0 Å². The van der Waals surface area contributed by atoms with Crippen molar-refractivity contribution in [3.63, 3.8) is 0 Å². The Balaban J connectivity index is 0.00000256. The molecule has 1 aliphatic heterocycles. The topological polar surface area (TPSA) is 84.2 Å². The summed E-state index contributed by atoms with van der Waals surface area (Å²) in [5.41, 5.74) is 5.10. The standard InChI is InChI=1S/C9H17N3O2S2.ClH/c10-3-8(13)12-5-9(14)11-4-7-6-15-1-2-16-7;/h7H,1-6,10H2,(H,11,14)(H,12,13);1H. The maximum atomic E-state index is 11.3. The van der Waals surface area contributed by atoms with Gasteiger partial charge in [-0.3, -0.25) is 9.59 Å². The number of nitrogens with one attached hydrogen (secondary N) is 2. The molecule has 1 aliphatic rings. The Morgan fingerprint density at radius 1 is 1.24 bits per heavy atom. The molecular formula is C9H18ClN3O2S2. The molecule has 0 aliphatic carbocycles. The van der Waals surface area contributed by atoms with E-state index in [1.165, 1.54) is 5.75 Å². The molecule has 1 rings (SSSR count). The second-order valence-corrected chi connectivity index (χ2v) is 5.91. The van der Waals surface area contributed by atoms with Crippen LogP contribution in [0.2, 0.25) is 0 Å². The van der Waals surface area contributed by atoms with Crippen LogP contribution in [0.3, 0.4) is 0 Å². The van der Waals surface area contributed by atoms with E-state index in [1.54, 1.807) is 0 Å². The Morgan fingerprint density at radius 2 is 2.00 bits per heavy atom. The number of amides is 2. The molecule has 17 heavy (non-hydrogen) atoms. The minimum atomic E-state index is -0.308. The molecule has 8 heteroatoms. The predicted molar refractivity (Wildman–Crippen MR) is 75.9 cm³/mol. The Hall–Kier alpha value is -0.110. The molecule has 1 heterocycles. The number of halogens is 1. The van der Waals surface area contributed by atoms with Crippen LogP contribution in [0.1, 0.15) is 0 Å². The van der Waals surface area contributed by atoms with Gasteiger partial charge in [0.2, 0.25) is 11.8 Å². The SMILES string of the molecule is Cl.NCC(=O)NCC(=O)NCC1CSCCS1. The van der Waals surface area contributed by atoms with E-state index in [9.17, 15) is 9.59 Å². The van der Waals surface area contributed by atoms with Crippen molar-refractivity contribution in [2.45, 2.75) is 5.25 Å². The summed E-state index contributed by atoms with van der Waals surface area (Å²) in [4.78, 5) is 22.1. The molecule has 1 atom stereocenters. The lowest BCUT2D eigenvalue weighted by molar-refractivity contribution is -0.125. The van der Waals surface area contributed by atoms with Gasteiger partial charge in [-0.2, -0.15) is 23.5 Å². The van der Waals surface area contributed by atoms with Gasteiger partial charge in [0.25, 0.3) is 0 Å². The molecule has 0 bridgehead atoms. The molecule has 4 N–H and O–H groups in total. The van der Waals surface area contributed by atoms with Crippen LogP contribution in [0.5, 0.6) is 0 Å². The third-order valence-corrected chi connectivity index (χ3v) is 4.89. The number of nitrogens with two attached hydrogens (primary N) is 1. The number of rotatable bonds is 5. The van der Waals surface area contributed by atoms with Crippen molar-refractivity contribution >= 4 is 47.7 Å². The zero-order valence-electron chi connectivity index (χ0n) is 9.44. The van der Waals surface area contributed by atoms with Gasteiger partial charge in [0.15, 0.2) is 0 Å². The largest absolute Gasteiger partial charge is 0.353 e. The van der Waals surface area contributed by atoms with E-state index < -0.39 is 0 Å². The molecule has 100 valence electrons. The Kier molecular flexibility index (Phi) is 9.81. The normalized spacial score (nSPS) is 19.0. The lowest BCUT2D eigenvalue weighted by Crippen LogP contribution is -2.42. The Bertz CT molecular complexity index is 250. The number of hydrogen-bond acceptors (Lipinski definition) is 5. The van der Waals surface area contributed by atoms with Gasteiger partial charge in [-0.05, 0) is 0 Å². The molecule has 5 nitrogen and oxygen atoms in total. The minimum absolute atomic E-state index is 0. The first kappa shape index (κ1) is 16.9. The highest BCUT2D eigenvalue weighted by Gasteiger charge is 2.15. The smallest absolute Gasteiger partial charge is 0.239 e. The molecule has 0 aromatic rings. The predicted octanol–water partition coefficient (Wildman–Crippen LogP) is -0.552. The fourth-order valence-corrected chi connectivity index (χ4v) is 3.81. The van der Waals surface area contributed by atoms with Gasteiger partial charge >= 0.3 is 0 Å². The zero-order valence-corrected chi connectivity index (χ0v) is 11.9. The van der Waals surface area contributed by atoms with Gasteiger partial charge < -0.3 is 16.4 Å². The average Bonchev–Trinajstić information content (AvgIpc) is 2.34. The molecule has 1 fully saturated rings. The van der Waals surface area contributed by atoms with Crippen LogP contribution in [0.4, 0.5) is 0 Å². The maximum Gasteiger partial charge on any atom is 0.239 e. The summed E-state index contributed by atoms with van der Waals surface area (Å²) in [5.74, 6) is 2.97. The molecule has 1 saturated heterocycles. The number of thioether (sulfide) groups is 2. The van der Waals surface area contributed by atoms with Gasteiger partial charge in [-0.25, -0.2) is 0 Å². The fraction of sp³-hybridized carbons (Fsp3) is 0.778. The van der Waals surface area contributed by atoms with Crippen LogP contribution in [-0.2, 0) is 9.59 Å². The summed E-state index contributed by atoms with van der Waals surface area (Å²) in [7, 11) is 0. The zero-order chi connectivity index (χ0) is 11.8. The highest BCUT2D eigenvalue weighted by molar-refractivity contribution is 8.06. The highest BCUT2D eigenvalue weighted by atomic mass is 35.5. The second-order valence-electron chi connectivity index (χ2n) is 3.35. The van der Waals surface area contributed by atoms with E-state index in [-0.39, 0.29) is 37.3 Å². The van der Waals surface area contributed by atoms with Gasteiger partial charge in [-0.1, -0.05) is 0 Å². The quantitative estimate of drug-likeness (QED) is 0.634. The molecule has 0 radical (unpaired) electrons. The van der Waals surface area contributed by atoms with Crippen LogP contribution in [0.15, 0.2) is 0 Å². The first-order valence-electron chi connectivity index (χ1n) is 5.15. The lowest BCUT2D eigenvalue weighted by Gasteiger charge is -2.21. The second kappa shape index (κ2) is 9.87. The van der Waals surface area contributed by atoms with Gasteiger partial charge in [0.1, 0.15) is 0 Å². The summed E-state index contributed by atoms with van der Waals surface area (Å²) >= 11 is 3.81. The van der Waals surface area contributed by atoms with Crippen molar-refractivity contribution in [3.8, 4) is 0 Å². The first-order valence-corrected chi connectivity index (χ1v) is 7.35. The van der Waals surface area contributed by atoms with Crippen LogP contribution in [0.25, 0.3) is 0 Å². The van der Waals surface area contributed by atoms with Crippen molar-refractivity contribution < 1.29 is 9.59 Å². The molecular weight excluding hydrogens is 282 g/mol. The van der Waals surface area contributed by atoms with Gasteiger partial charge in [-0.15, -0.1) is 12.4 Å². The van der Waals surface area contributed by atoms with Crippen LogP contribution in [-0.4, -0.2) is 54.0 Å². The molecule has 0 aromatic carbocycles. The third kappa shape index (κ3) is 7.75. The number of hydrogen-bond donors (Lipinski definition) is 3. The number of carbonyl (C=O) groups excluding carboxylic acids is 2.